The van der Waals surface area contributed by atoms with Gasteiger partial charge in [0, 0.05) is 11.3 Å². The van der Waals surface area contributed by atoms with Crippen LogP contribution in [-0.4, -0.2) is 23.0 Å². The van der Waals surface area contributed by atoms with Crippen LogP contribution in [0, 0.1) is 19.7 Å². The van der Waals surface area contributed by atoms with Crippen molar-refractivity contribution in [3.63, 3.8) is 0 Å². The topological polar surface area (TPSA) is 68.3 Å². The Bertz CT molecular complexity index is 1020. The molecule has 0 fully saturated rings. The fourth-order valence-corrected chi connectivity index (χ4v) is 3.36. The van der Waals surface area contributed by atoms with Crippen molar-refractivity contribution in [3.05, 3.63) is 69.8 Å². The third kappa shape index (κ3) is 4.43. The fraction of sp³-hybridized carbons (Fsp3) is 0.190. The zero-order valence-electron chi connectivity index (χ0n) is 15.7. The molecule has 3 rings (SSSR count). The van der Waals surface area contributed by atoms with Gasteiger partial charge in [-0.1, -0.05) is 36.4 Å². The number of anilines is 1. The molecule has 1 atom stereocenters. The van der Waals surface area contributed by atoms with Crippen LogP contribution in [0.25, 0.3) is 11.3 Å². The Morgan fingerprint density at radius 2 is 1.86 bits per heavy atom. The molecule has 0 saturated carbocycles. The highest BCUT2D eigenvalue weighted by Gasteiger charge is 2.24. The Labute approximate surface area is 166 Å². The van der Waals surface area contributed by atoms with E-state index in [1.807, 2.05) is 30.3 Å². The van der Waals surface area contributed by atoms with Gasteiger partial charge in [-0.25, -0.2) is 14.2 Å². The molecule has 3 aromatic rings. The predicted molar refractivity (Wildman–Crippen MR) is 107 cm³/mol. The van der Waals surface area contributed by atoms with Gasteiger partial charge in [0.1, 0.15) is 10.7 Å². The van der Waals surface area contributed by atoms with Gasteiger partial charge in [-0.3, -0.25) is 4.79 Å². The summed E-state index contributed by atoms with van der Waals surface area (Å²) in [6.07, 6.45) is -1.05. The summed E-state index contributed by atoms with van der Waals surface area (Å²) in [5.74, 6) is -1.59. The van der Waals surface area contributed by atoms with Crippen LogP contribution in [0.4, 0.5) is 10.1 Å². The van der Waals surface area contributed by atoms with Gasteiger partial charge >= 0.3 is 5.97 Å². The van der Waals surface area contributed by atoms with Gasteiger partial charge in [0.05, 0.1) is 10.7 Å². The van der Waals surface area contributed by atoms with Gasteiger partial charge in [-0.2, -0.15) is 0 Å². The van der Waals surface area contributed by atoms with Crippen LogP contribution < -0.4 is 5.32 Å². The summed E-state index contributed by atoms with van der Waals surface area (Å²) in [4.78, 5) is 29.7. The first-order valence-corrected chi connectivity index (χ1v) is 9.47. The van der Waals surface area contributed by atoms with Crippen LogP contribution in [0.3, 0.4) is 0 Å². The second-order valence-corrected chi connectivity index (χ2v) is 7.48. The number of hydrogen-bond acceptors (Lipinski definition) is 5. The number of thiazole rings is 1. The number of carbonyl (C=O) groups is 2. The zero-order chi connectivity index (χ0) is 20.3. The number of nitrogens with one attached hydrogen (secondary N) is 1. The quantitative estimate of drug-likeness (QED) is 0.630. The van der Waals surface area contributed by atoms with Gasteiger partial charge in [0.15, 0.2) is 6.10 Å². The molecule has 0 spiro atoms. The average Bonchev–Trinajstić information content (AvgIpc) is 3.07. The summed E-state index contributed by atoms with van der Waals surface area (Å²) in [5.41, 5.74) is 2.11. The molecule has 1 amide bonds. The van der Waals surface area contributed by atoms with Crippen molar-refractivity contribution in [1.29, 1.82) is 0 Å². The van der Waals surface area contributed by atoms with E-state index in [4.69, 9.17) is 4.74 Å². The molecule has 0 aliphatic rings. The predicted octanol–water partition coefficient (Wildman–Crippen LogP) is 4.75. The molecular weight excluding hydrogens is 379 g/mol. The molecule has 144 valence electrons. The molecule has 0 aliphatic heterocycles. The van der Waals surface area contributed by atoms with Crippen LogP contribution in [0.1, 0.15) is 27.2 Å². The molecule has 28 heavy (non-hydrogen) atoms. The molecule has 1 aromatic heterocycles. The van der Waals surface area contributed by atoms with Gasteiger partial charge in [0.25, 0.3) is 5.91 Å². The minimum Gasteiger partial charge on any atom is -0.448 e. The summed E-state index contributed by atoms with van der Waals surface area (Å²) < 4.78 is 19.0. The molecule has 1 N–H and O–H groups in total. The van der Waals surface area contributed by atoms with Gasteiger partial charge in [-0.15, -0.1) is 11.3 Å². The van der Waals surface area contributed by atoms with Crippen molar-refractivity contribution >= 4 is 28.9 Å². The second-order valence-electron chi connectivity index (χ2n) is 6.28. The number of nitrogens with zero attached hydrogens (tertiary/aromatic N) is 1. The van der Waals surface area contributed by atoms with Crippen molar-refractivity contribution in [2.75, 3.05) is 5.32 Å². The maximum atomic E-state index is 13.6. The standard InChI is InChI=1S/C21H19FN2O3S/c1-12-9-10-16(11-17(12)22)24-20(25)13(2)27-21(26)19-18(23-14(3)28-19)15-7-5-4-6-8-15/h4-11,13H,1-3H3,(H,24,25)/t13-/m1/s1. The highest BCUT2D eigenvalue weighted by Crippen LogP contribution is 2.29. The van der Waals surface area contributed by atoms with Crippen LogP contribution in [0.2, 0.25) is 0 Å². The Balaban J connectivity index is 1.72. The maximum absolute atomic E-state index is 13.6. The number of halogens is 1. The Morgan fingerprint density at radius 3 is 2.54 bits per heavy atom. The largest absolute Gasteiger partial charge is 0.448 e. The fourth-order valence-electron chi connectivity index (χ4n) is 2.54. The Morgan fingerprint density at radius 1 is 1.14 bits per heavy atom. The highest BCUT2D eigenvalue weighted by molar-refractivity contribution is 7.14. The number of rotatable bonds is 5. The second kappa shape index (κ2) is 8.31. The first-order chi connectivity index (χ1) is 13.3. The van der Waals surface area contributed by atoms with Crippen molar-refractivity contribution in [2.24, 2.45) is 0 Å². The summed E-state index contributed by atoms with van der Waals surface area (Å²) >= 11 is 1.21. The number of amides is 1. The lowest BCUT2D eigenvalue weighted by Crippen LogP contribution is -2.30. The molecule has 0 unspecified atom stereocenters. The van der Waals surface area contributed by atoms with E-state index in [2.05, 4.69) is 10.3 Å². The van der Waals surface area contributed by atoms with E-state index in [9.17, 15) is 14.0 Å². The Kier molecular flexibility index (Phi) is 5.84. The van der Waals surface area contributed by atoms with E-state index >= 15 is 0 Å². The smallest absolute Gasteiger partial charge is 0.351 e. The molecule has 2 aromatic carbocycles. The number of hydrogen-bond donors (Lipinski definition) is 1. The number of aromatic nitrogens is 1. The van der Waals surface area contributed by atoms with E-state index in [0.717, 1.165) is 10.6 Å². The van der Waals surface area contributed by atoms with Crippen LogP contribution in [0.15, 0.2) is 48.5 Å². The van der Waals surface area contributed by atoms with Crippen LogP contribution in [0.5, 0.6) is 0 Å². The minimum atomic E-state index is -1.05. The van der Waals surface area contributed by atoms with E-state index in [1.54, 1.807) is 26.0 Å². The summed E-state index contributed by atoms with van der Waals surface area (Å²) in [7, 11) is 0. The first kappa shape index (κ1) is 19.7. The molecular formula is C21H19FN2O3S. The van der Waals surface area contributed by atoms with Crippen molar-refractivity contribution in [1.82, 2.24) is 4.98 Å². The minimum absolute atomic E-state index is 0.301. The lowest BCUT2D eigenvalue weighted by Gasteiger charge is -2.13. The zero-order valence-corrected chi connectivity index (χ0v) is 16.5. The van der Waals surface area contributed by atoms with Gasteiger partial charge < -0.3 is 10.1 Å². The van der Waals surface area contributed by atoms with E-state index in [0.29, 0.717) is 21.8 Å². The van der Waals surface area contributed by atoms with Gasteiger partial charge in [0.2, 0.25) is 0 Å². The third-order valence-electron chi connectivity index (χ3n) is 4.06. The first-order valence-electron chi connectivity index (χ1n) is 8.66. The van der Waals surface area contributed by atoms with E-state index in [-0.39, 0.29) is 0 Å². The molecule has 0 saturated heterocycles. The van der Waals surface area contributed by atoms with E-state index < -0.39 is 23.8 Å². The molecule has 5 nitrogen and oxygen atoms in total. The molecule has 0 aliphatic carbocycles. The van der Waals surface area contributed by atoms with Crippen LogP contribution in [-0.2, 0) is 9.53 Å². The lowest BCUT2D eigenvalue weighted by molar-refractivity contribution is -0.123. The summed E-state index contributed by atoms with van der Waals surface area (Å²) in [5, 5.41) is 3.27. The number of esters is 1. The van der Waals surface area contributed by atoms with Crippen molar-refractivity contribution < 1.29 is 18.7 Å². The van der Waals surface area contributed by atoms with Crippen molar-refractivity contribution in [3.8, 4) is 11.3 Å². The normalized spacial score (nSPS) is 11.7. The number of carbonyl (C=O) groups excluding carboxylic acids is 2. The SMILES string of the molecule is Cc1nc(-c2ccccc2)c(C(=O)O[C@H](C)C(=O)Nc2ccc(C)c(F)c2)s1. The van der Waals surface area contributed by atoms with Gasteiger partial charge in [-0.05, 0) is 38.5 Å². The monoisotopic (exact) mass is 398 g/mol. The summed E-state index contributed by atoms with van der Waals surface area (Å²) in [6, 6.07) is 13.7. The third-order valence-corrected chi connectivity index (χ3v) is 5.01. The average molecular weight is 398 g/mol. The number of benzene rings is 2. The molecule has 0 radical (unpaired) electrons. The van der Waals surface area contributed by atoms with E-state index in [1.165, 1.54) is 24.3 Å². The number of aryl methyl sites for hydroxylation is 2. The summed E-state index contributed by atoms with van der Waals surface area (Å²) in [6.45, 7) is 4.90. The lowest BCUT2D eigenvalue weighted by atomic mass is 10.1. The molecule has 0 bridgehead atoms. The number of ether oxygens (including phenoxy) is 1. The maximum Gasteiger partial charge on any atom is 0.351 e. The highest BCUT2D eigenvalue weighted by atomic mass is 32.1. The van der Waals surface area contributed by atoms with Crippen molar-refractivity contribution in [2.45, 2.75) is 26.9 Å². The van der Waals surface area contributed by atoms with Crippen LogP contribution >= 0.6 is 11.3 Å². The molecule has 1 heterocycles. The Hall–Kier alpha value is -3.06. The molecule has 7 heteroatoms.